The Morgan fingerprint density at radius 1 is 1.60 bits per heavy atom. The van der Waals surface area contributed by atoms with Gasteiger partial charge in [0.25, 0.3) is 0 Å². The SMILES string of the molecule is CC(C)OC[C@]1(C)CN(C)CC/C1=C\F. The summed E-state index contributed by atoms with van der Waals surface area (Å²) >= 11 is 0. The average molecular weight is 215 g/mol. The summed E-state index contributed by atoms with van der Waals surface area (Å²) in [7, 11) is 2.07. The molecule has 3 heteroatoms. The van der Waals surface area contributed by atoms with Crippen molar-refractivity contribution in [3.8, 4) is 0 Å². The van der Waals surface area contributed by atoms with E-state index >= 15 is 0 Å². The van der Waals surface area contributed by atoms with Crippen LogP contribution in [0.4, 0.5) is 4.39 Å². The van der Waals surface area contributed by atoms with Crippen molar-refractivity contribution in [1.82, 2.24) is 4.90 Å². The number of hydrogen-bond donors (Lipinski definition) is 0. The van der Waals surface area contributed by atoms with Crippen LogP contribution in [0.25, 0.3) is 0 Å². The van der Waals surface area contributed by atoms with Gasteiger partial charge >= 0.3 is 0 Å². The van der Waals surface area contributed by atoms with E-state index in [4.69, 9.17) is 4.74 Å². The van der Waals surface area contributed by atoms with Crippen LogP contribution in [0.15, 0.2) is 11.9 Å². The number of halogens is 1. The third-order valence-electron chi connectivity index (χ3n) is 3.02. The summed E-state index contributed by atoms with van der Waals surface area (Å²) in [5.41, 5.74) is 0.729. The van der Waals surface area contributed by atoms with Crippen LogP contribution in [-0.2, 0) is 4.74 Å². The minimum Gasteiger partial charge on any atom is -0.378 e. The third kappa shape index (κ3) is 3.28. The third-order valence-corrected chi connectivity index (χ3v) is 3.02. The summed E-state index contributed by atoms with van der Waals surface area (Å²) in [6.45, 7) is 8.51. The van der Waals surface area contributed by atoms with E-state index in [1.807, 2.05) is 13.8 Å². The predicted molar refractivity (Wildman–Crippen MR) is 60.5 cm³/mol. The molecule has 88 valence electrons. The first-order valence-electron chi connectivity index (χ1n) is 5.58. The molecule has 0 aliphatic carbocycles. The van der Waals surface area contributed by atoms with Crippen LogP contribution in [0, 0.1) is 5.41 Å². The zero-order valence-electron chi connectivity index (χ0n) is 10.2. The maximum atomic E-state index is 12.8. The summed E-state index contributed by atoms with van der Waals surface area (Å²) < 4.78 is 18.4. The molecule has 0 radical (unpaired) electrons. The van der Waals surface area contributed by atoms with Crippen molar-refractivity contribution < 1.29 is 9.13 Å². The van der Waals surface area contributed by atoms with E-state index in [0.29, 0.717) is 6.61 Å². The van der Waals surface area contributed by atoms with Gasteiger partial charge in [-0.3, -0.25) is 0 Å². The lowest BCUT2D eigenvalue weighted by Crippen LogP contribution is -2.44. The van der Waals surface area contributed by atoms with Gasteiger partial charge in [0.15, 0.2) is 0 Å². The van der Waals surface area contributed by atoms with E-state index in [1.54, 1.807) is 0 Å². The molecule has 0 aromatic rings. The summed E-state index contributed by atoms with van der Waals surface area (Å²) in [6.07, 6.45) is 1.79. The minimum absolute atomic E-state index is 0.161. The van der Waals surface area contributed by atoms with Crippen LogP contribution in [0.1, 0.15) is 27.2 Å². The van der Waals surface area contributed by atoms with Crippen LogP contribution >= 0.6 is 0 Å². The quantitative estimate of drug-likeness (QED) is 0.717. The van der Waals surface area contributed by atoms with Gasteiger partial charge in [-0.2, -0.15) is 0 Å². The van der Waals surface area contributed by atoms with Gasteiger partial charge in [0.2, 0.25) is 0 Å². The maximum Gasteiger partial charge on any atom is 0.0866 e. The Morgan fingerprint density at radius 2 is 2.27 bits per heavy atom. The Bertz CT molecular complexity index is 240. The molecule has 0 N–H and O–H groups in total. The number of ether oxygens (including phenoxy) is 1. The molecule has 0 saturated carbocycles. The lowest BCUT2D eigenvalue weighted by molar-refractivity contribution is 0.00691. The fourth-order valence-corrected chi connectivity index (χ4v) is 2.06. The summed E-state index contributed by atoms with van der Waals surface area (Å²) in [5.74, 6) is 0. The van der Waals surface area contributed by atoms with E-state index in [0.717, 1.165) is 31.4 Å². The van der Waals surface area contributed by atoms with Gasteiger partial charge in [-0.1, -0.05) is 6.92 Å². The first-order valence-corrected chi connectivity index (χ1v) is 5.58. The molecule has 0 bridgehead atoms. The van der Waals surface area contributed by atoms with Crippen molar-refractivity contribution >= 4 is 0 Å². The molecule has 1 aliphatic heterocycles. The number of piperidine rings is 1. The van der Waals surface area contributed by atoms with E-state index < -0.39 is 0 Å². The number of likely N-dealkylation sites (tertiary alicyclic amines) is 1. The molecule has 1 rings (SSSR count). The smallest absolute Gasteiger partial charge is 0.0866 e. The van der Waals surface area contributed by atoms with Gasteiger partial charge in [0, 0.05) is 18.5 Å². The Morgan fingerprint density at radius 3 is 2.80 bits per heavy atom. The maximum absolute atomic E-state index is 12.8. The minimum atomic E-state index is -0.161. The molecule has 1 saturated heterocycles. The van der Waals surface area contributed by atoms with Crippen molar-refractivity contribution in [3.05, 3.63) is 11.9 Å². The second-order valence-electron chi connectivity index (χ2n) is 5.04. The van der Waals surface area contributed by atoms with Crippen molar-refractivity contribution in [3.63, 3.8) is 0 Å². The molecule has 1 aliphatic rings. The molecule has 0 unspecified atom stereocenters. The molecule has 2 nitrogen and oxygen atoms in total. The summed E-state index contributed by atoms with van der Waals surface area (Å²) in [5, 5.41) is 0. The van der Waals surface area contributed by atoms with E-state index in [2.05, 4.69) is 18.9 Å². The number of rotatable bonds is 3. The second-order valence-corrected chi connectivity index (χ2v) is 5.04. The monoisotopic (exact) mass is 215 g/mol. The van der Waals surface area contributed by atoms with Crippen LogP contribution in [0.5, 0.6) is 0 Å². The molecule has 1 heterocycles. The van der Waals surface area contributed by atoms with E-state index in [1.165, 1.54) is 0 Å². The first-order chi connectivity index (χ1) is 6.98. The Kier molecular flexibility index (Phi) is 4.29. The zero-order chi connectivity index (χ0) is 11.5. The number of nitrogens with zero attached hydrogens (tertiary/aromatic N) is 1. The topological polar surface area (TPSA) is 12.5 Å². The normalized spacial score (nSPS) is 31.5. The lowest BCUT2D eigenvalue weighted by atomic mass is 9.78. The van der Waals surface area contributed by atoms with Crippen LogP contribution in [-0.4, -0.2) is 37.7 Å². The van der Waals surface area contributed by atoms with Crippen molar-refractivity contribution in [2.45, 2.75) is 33.3 Å². The standard InChI is InChI=1S/C12H22FNO/c1-10(2)15-9-12(3)8-14(4)6-5-11(12)7-13/h7,10H,5-6,8-9H2,1-4H3/b11-7+/t12-/m0/s1. The van der Waals surface area contributed by atoms with Gasteiger partial charge < -0.3 is 9.64 Å². The van der Waals surface area contributed by atoms with E-state index in [9.17, 15) is 4.39 Å². The Hall–Kier alpha value is -0.410. The fraction of sp³-hybridized carbons (Fsp3) is 0.833. The van der Waals surface area contributed by atoms with Gasteiger partial charge in [-0.05, 0) is 32.9 Å². The largest absolute Gasteiger partial charge is 0.378 e. The highest BCUT2D eigenvalue weighted by atomic mass is 19.1. The Balaban J connectivity index is 2.67. The van der Waals surface area contributed by atoms with Crippen LogP contribution in [0.3, 0.4) is 0 Å². The zero-order valence-corrected chi connectivity index (χ0v) is 10.2. The predicted octanol–water partition coefficient (Wildman–Crippen LogP) is 2.61. The fourth-order valence-electron chi connectivity index (χ4n) is 2.06. The highest BCUT2D eigenvalue weighted by Crippen LogP contribution is 2.35. The molecule has 0 spiro atoms. The Labute approximate surface area is 92.1 Å². The van der Waals surface area contributed by atoms with Crippen molar-refractivity contribution in [1.29, 1.82) is 0 Å². The molecule has 15 heavy (non-hydrogen) atoms. The summed E-state index contributed by atoms with van der Waals surface area (Å²) in [6, 6.07) is 0. The second kappa shape index (κ2) is 5.08. The van der Waals surface area contributed by atoms with Gasteiger partial charge in [-0.25, -0.2) is 4.39 Å². The highest BCUT2D eigenvalue weighted by Gasteiger charge is 2.34. The molecule has 0 amide bonds. The molecular formula is C12H22FNO. The van der Waals surface area contributed by atoms with Crippen molar-refractivity contribution in [2.75, 3.05) is 26.7 Å². The van der Waals surface area contributed by atoms with Crippen LogP contribution in [0.2, 0.25) is 0 Å². The highest BCUT2D eigenvalue weighted by molar-refractivity contribution is 5.15. The van der Waals surface area contributed by atoms with Crippen molar-refractivity contribution in [2.24, 2.45) is 5.41 Å². The molecule has 0 aromatic carbocycles. The summed E-state index contributed by atoms with van der Waals surface area (Å²) in [4.78, 5) is 2.23. The van der Waals surface area contributed by atoms with Gasteiger partial charge in [-0.15, -0.1) is 0 Å². The average Bonchev–Trinajstić information content (AvgIpc) is 2.15. The van der Waals surface area contributed by atoms with Gasteiger partial charge in [0.05, 0.1) is 19.0 Å². The lowest BCUT2D eigenvalue weighted by Gasteiger charge is -2.40. The van der Waals surface area contributed by atoms with E-state index in [-0.39, 0.29) is 11.5 Å². The van der Waals surface area contributed by atoms with Gasteiger partial charge in [0.1, 0.15) is 0 Å². The van der Waals surface area contributed by atoms with Crippen LogP contribution < -0.4 is 0 Å². The molecular weight excluding hydrogens is 193 g/mol. The number of hydrogen-bond acceptors (Lipinski definition) is 2. The molecule has 0 aromatic heterocycles. The first kappa shape index (κ1) is 12.7. The molecule has 1 fully saturated rings. The molecule has 1 atom stereocenters.